The molecule has 0 amide bonds. The summed E-state index contributed by atoms with van der Waals surface area (Å²) in [5.41, 5.74) is 5.89. The van der Waals surface area contributed by atoms with Gasteiger partial charge in [-0.2, -0.15) is 15.0 Å². The maximum absolute atomic E-state index is 5.89. The highest BCUT2D eigenvalue weighted by molar-refractivity contribution is 5.44. The van der Waals surface area contributed by atoms with Gasteiger partial charge in [0.15, 0.2) is 0 Å². The molecule has 0 aromatic carbocycles. The van der Waals surface area contributed by atoms with Crippen LogP contribution in [0.15, 0.2) is 0 Å². The van der Waals surface area contributed by atoms with Gasteiger partial charge in [-0.15, -0.1) is 0 Å². The number of likely N-dealkylation sites (N-methyl/N-ethyl adjacent to an activating group) is 2. The van der Waals surface area contributed by atoms with Crippen LogP contribution in [0.2, 0.25) is 0 Å². The second kappa shape index (κ2) is 6.89. The first kappa shape index (κ1) is 15.8. The third-order valence-corrected chi connectivity index (χ3v) is 3.78. The van der Waals surface area contributed by atoms with Crippen LogP contribution in [0.4, 0.5) is 17.8 Å². The van der Waals surface area contributed by atoms with E-state index >= 15 is 0 Å². The summed E-state index contributed by atoms with van der Waals surface area (Å²) in [7, 11) is 4.14. The number of hydrogen-bond donors (Lipinski definition) is 1. The molecule has 0 spiro atoms. The summed E-state index contributed by atoms with van der Waals surface area (Å²) in [4.78, 5) is 19.8. The molecule has 1 atom stereocenters. The number of nitrogens with two attached hydrogens (primary N) is 1. The van der Waals surface area contributed by atoms with Gasteiger partial charge in [-0.3, -0.25) is 0 Å². The summed E-state index contributed by atoms with van der Waals surface area (Å²) in [5.74, 6) is 1.70. The minimum Gasteiger partial charge on any atom is -0.368 e. The van der Waals surface area contributed by atoms with Gasteiger partial charge < -0.3 is 20.4 Å². The van der Waals surface area contributed by atoms with Gasteiger partial charge in [0.25, 0.3) is 0 Å². The van der Waals surface area contributed by atoms with E-state index in [4.69, 9.17) is 5.73 Å². The number of anilines is 3. The number of nitrogens with zero attached hydrogens (tertiary/aromatic N) is 6. The first-order valence-electron chi connectivity index (χ1n) is 7.69. The van der Waals surface area contributed by atoms with Crippen LogP contribution in [0.1, 0.15) is 26.7 Å². The van der Waals surface area contributed by atoms with E-state index in [1.54, 1.807) is 0 Å². The number of hydrogen-bond acceptors (Lipinski definition) is 7. The topological polar surface area (TPSA) is 74.4 Å². The van der Waals surface area contributed by atoms with Crippen LogP contribution >= 0.6 is 0 Å². The van der Waals surface area contributed by atoms with E-state index in [0.717, 1.165) is 26.2 Å². The van der Waals surface area contributed by atoms with Gasteiger partial charge in [0.2, 0.25) is 17.8 Å². The normalized spacial score (nSPS) is 16.5. The Hall–Kier alpha value is -1.63. The van der Waals surface area contributed by atoms with Crippen molar-refractivity contribution >= 4 is 17.8 Å². The Kier molecular flexibility index (Phi) is 5.17. The maximum atomic E-state index is 5.89. The largest absolute Gasteiger partial charge is 0.368 e. The van der Waals surface area contributed by atoms with Crippen molar-refractivity contribution in [1.29, 1.82) is 0 Å². The first-order chi connectivity index (χ1) is 10.0. The molecule has 1 aliphatic rings. The summed E-state index contributed by atoms with van der Waals surface area (Å²) >= 11 is 0. The van der Waals surface area contributed by atoms with E-state index in [1.807, 2.05) is 0 Å². The maximum Gasteiger partial charge on any atom is 0.232 e. The fourth-order valence-electron chi connectivity index (χ4n) is 2.83. The predicted octanol–water partition coefficient (Wildman–Crippen LogP) is 0.830. The van der Waals surface area contributed by atoms with E-state index in [-0.39, 0.29) is 0 Å². The summed E-state index contributed by atoms with van der Waals surface area (Å²) in [6, 6.07) is 0.318. The predicted molar refractivity (Wildman–Crippen MR) is 86.7 cm³/mol. The van der Waals surface area contributed by atoms with Crippen molar-refractivity contribution in [3.05, 3.63) is 0 Å². The minimum atomic E-state index is 0.303. The lowest BCUT2D eigenvalue weighted by Crippen LogP contribution is -2.41. The zero-order chi connectivity index (χ0) is 15.4. The van der Waals surface area contributed by atoms with Crippen molar-refractivity contribution in [3.63, 3.8) is 0 Å². The van der Waals surface area contributed by atoms with E-state index in [1.165, 1.54) is 12.8 Å². The van der Waals surface area contributed by atoms with Crippen molar-refractivity contribution in [2.75, 3.05) is 55.8 Å². The first-order valence-corrected chi connectivity index (χ1v) is 7.69. The van der Waals surface area contributed by atoms with Gasteiger partial charge in [0.05, 0.1) is 0 Å². The SMILES string of the molecule is CCN(c1nc(N)nc(N2CCCC2)n1)C(C)CN(C)C. The Morgan fingerprint density at radius 2 is 1.86 bits per heavy atom. The van der Waals surface area contributed by atoms with Crippen LogP contribution in [0, 0.1) is 0 Å². The quantitative estimate of drug-likeness (QED) is 0.832. The molecular weight excluding hydrogens is 266 g/mol. The van der Waals surface area contributed by atoms with Crippen molar-refractivity contribution in [2.45, 2.75) is 32.7 Å². The Balaban J connectivity index is 2.23. The second-order valence-corrected chi connectivity index (χ2v) is 5.89. The smallest absolute Gasteiger partial charge is 0.232 e. The van der Waals surface area contributed by atoms with Crippen molar-refractivity contribution in [2.24, 2.45) is 0 Å². The molecule has 1 aromatic rings. The van der Waals surface area contributed by atoms with E-state index < -0.39 is 0 Å². The zero-order valence-corrected chi connectivity index (χ0v) is 13.6. The van der Waals surface area contributed by atoms with Gasteiger partial charge in [-0.05, 0) is 40.8 Å². The van der Waals surface area contributed by atoms with Crippen LogP contribution in [-0.4, -0.2) is 66.2 Å². The molecular formula is C14H27N7. The average Bonchev–Trinajstić information content (AvgIpc) is 2.91. The highest BCUT2D eigenvalue weighted by Crippen LogP contribution is 2.20. The molecule has 1 fully saturated rings. The average molecular weight is 293 g/mol. The molecule has 0 saturated carbocycles. The lowest BCUT2D eigenvalue weighted by Gasteiger charge is -2.30. The molecule has 0 bridgehead atoms. The highest BCUT2D eigenvalue weighted by Gasteiger charge is 2.21. The molecule has 1 aromatic heterocycles. The third-order valence-electron chi connectivity index (χ3n) is 3.78. The van der Waals surface area contributed by atoms with Crippen LogP contribution in [0.3, 0.4) is 0 Å². The van der Waals surface area contributed by atoms with Crippen molar-refractivity contribution in [1.82, 2.24) is 19.9 Å². The Bertz CT molecular complexity index is 457. The zero-order valence-electron chi connectivity index (χ0n) is 13.6. The van der Waals surface area contributed by atoms with Crippen LogP contribution < -0.4 is 15.5 Å². The molecule has 7 heteroatoms. The number of aromatic nitrogens is 3. The van der Waals surface area contributed by atoms with Gasteiger partial charge in [0, 0.05) is 32.2 Å². The number of rotatable bonds is 6. The summed E-state index contributed by atoms with van der Waals surface area (Å²) < 4.78 is 0. The summed E-state index contributed by atoms with van der Waals surface area (Å²) in [5, 5.41) is 0. The molecule has 2 N–H and O–H groups in total. The van der Waals surface area contributed by atoms with E-state index in [9.17, 15) is 0 Å². The van der Waals surface area contributed by atoms with Crippen LogP contribution in [0.5, 0.6) is 0 Å². The molecule has 2 rings (SSSR count). The number of nitrogen functional groups attached to an aromatic ring is 1. The molecule has 0 radical (unpaired) electrons. The van der Waals surface area contributed by atoms with E-state index in [2.05, 4.69) is 57.6 Å². The standard InChI is InChI=1S/C14H27N7/c1-5-21(11(2)10-19(3)4)14-17-12(15)16-13(18-14)20-8-6-7-9-20/h11H,5-10H2,1-4H3,(H2,15,16,17,18). The minimum absolute atomic E-state index is 0.303. The molecule has 21 heavy (non-hydrogen) atoms. The highest BCUT2D eigenvalue weighted by atomic mass is 15.4. The molecule has 1 aliphatic heterocycles. The van der Waals surface area contributed by atoms with Crippen molar-refractivity contribution < 1.29 is 0 Å². The van der Waals surface area contributed by atoms with Gasteiger partial charge in [0.1, 0.15) is 0 Å². The fraction of sp³-hybridized carbons (Fsp3) is 0.786. The van der Waals surface area contributed by atoms with Crippen LogP contribution in [0.25, 0.3) is 0 Å². The van der Waals surface area contributed by atoms with Gasteiger partial charge in [-0.25, -0.2) is 0 Å². The Labute approximate surface area is 127 Å². The van der Waals surface area contributed by atoms with Gasteiger partial charge >= 0.3 is 0 Å². The summed E-state index contributed by atoms with van der Waals surface area (Å²) in [6.07, 6.45) is 2.38. The Morgan fingerprint density at radius 1 is 1.19 bits per heavy atom. The molecule has 1 unspecified atom stereocenters. The molecule has 0 aliphatic carbocycles. The fourth-order valence-corrected chi connectivity index (χ4v) is 2.83. The van der Waals surface area contributed by atoms with Crippen molar-refractivity contribution in [3.8, 4) is 0 Å². The van der Waals surface area contributed by atoms with Crippen LogP contribution in [-0.2, 0) is 0 Å². The van der Waals surface area contributed by atoms with Gasteiger partial charge in [-0.1, -0.05) is 0 Å². The second-order valence-electron chi connectivity index (χ2n) is 5.89. The lowest BCUT2D eigenvalue weighted by molar-refractivity contribution is 0.371. The third kappa shape index (κ3) is 3.93. The molecule has 2 heterocycles. The van der Waals surface area contributed by atoms with E-state index in [0.29, 0.717) is 23.9 Å². The monoisotopic (exact) mass is 293 g/mol. The lowest BCUT2D eigenvalue weighted by atomic mass is 10.3. The molecule has 1 saturated heterocycles. The molecule has 118 valence electrons. The molecule has 7 nitrogen and oxygen atoms in total. The summed E-state index contributed by atoms with van der Waals surface area (Å²) in [6.45, 7) is 8.08. The Morgan fingerprint density at radius 3 is 2.43 bits per heavy atom.